The number of carbonyl (C=O) groups is 1. The second kappa shape index (κ2) is 8.19. The summed E-state index contributed by atoms with van der Waals surface area (Å²) in [6.45, 7) is 2.62. The van der Waals surface area contributed by atoms with Gasteiger partial charge >= 0.3 is 5.97 Å². The first kappa shape index (κ1) is 18.2. The van der Waals surface area contributed by atoms with Crippen molar-refractivity contribution in [2.45, 2.75) is 13.5 Å². The third kappa shape index (κ3) is 3.98. The van der Waals surface area contributed by atoms with Crippen molar-refractivity contribution in [1.29, 1.82) is 5.26 Å². The molecule has 0 amide bonds. The van der Waals surface area contributed by atoms with Crippen LogP contribution in [-0.2, 0) is 18.3 Å². The topological polar surface area (TPSA) is 79.9 Å². The van der Waals surface area contributed by atoms with Crippen LogP contribution in [-0.4, -0.2) is 22.4 Å². The van der Waals surface area contributed by atoms with Crippen molar-refractivity contribution in [3.05, 3.63) is 71.4 Å². The number of nitrogens with one attached hydrogen (secondary N) is 1. The molecule has 2 aromatic carbocycles. The van der Waals surface area contributed by atoms with Crippen LogP contribution in [0.2, 0.25) is 0 Å². The molecule has 0 aliphatic carbocycles. The van der Waals surface area contributed by atoms with Crippen LogP contribution in [0.4, 0.5) is 5.82 Å². The zero-order chi connectivity index (χ0) is 19.2. The maximum Gasteiger partial charge on any atom is 0.343 e. The molecule has 1 heterocycles. The molecule has 3 aromatic rings. The number of anilines is 1. The molecule has 3 rings (SSSR count). The molecule has 0 unspecified atom stereocenters. The van der Waals surface area contributed by atoms with Crippen molar-refractivity contribution in [1.82, 2.24) is 9.78 Å². The third-order valence-corrected chi connectivity index (χ3v) is 4.21. The molecule has 0 aliphatic heterocycles. The highest BCUT2D eigenvalue weighted by atomic mass is 16.5. The maximum absolute atomic E-state index is 12.0. The average molecular weight is 360 g/mol. The second-order valence-electron chi connectivity index (χ2n) is 5.96. The van der Waals surface area contributed by atoms with Crippen molar-refractivity contribution < 1.29 is 9.53 Å². The number of aromatic nitrogens is 2. The van der Waals surface area contributed by atoms with Gasteiger partial charge in [-0.3, -0.25) is 4.68 Å². The standard InChI is InChI=1S/C21H20N4O2/c1-3-27-21(26)19-14-24-25(2)20(19)23-13-15-8-10-16(11-9-15)18-7-5-4-6-17(18)12-22/h4-11,14,23H,3,13H2,1-2H3. The molecule has 0 aliphatic rings. The van der Waals surface area contributed by atoms with E-state index in [1.807, 2.05) is 48.5 Å². The maximum atomic E-state index is 12.0. The van der Waals surface area contributed by atoms with Crippen molar-refractivity contribution in [3.8, 4) is 17.2 Å². The lowest BCUT2D eigenvalue weighted by Gasteiger charge is -2.10. The van der Waals surface area contributed by atoms with Crippen molar-refractivity contribution >= 4 is 11.8 Å². The summed E-state index contributed by atoms with van der Waals surface area (Å²) in [5.41, 5.74) is 4.01. The number of benzene rings is 2. The highest BCUT2D eigenvalue weighted by Crippen LogP contribution is 2.24. The first-order valence-corrected chi connectivity index (χ1v) is 8.65. The number of esters is 1. The van der Waals surface area contributed by atoms with Gasteiger partial charge in [-0.05, 0) is 29.7 Å². The van der Waals surface area contributed by atoms with E-state index in [9.17, 15) is 10.1 Å². The van der Waals surface area contributed by atoms with Gasteiger partial charge in [0.1, 0.15) is 11.4 Å². The minimum Gasteiger partial charge on any atom is -0.462 e. The van der Waals surface area contributed by atoms with E-state index in [0.29, 0.717) is 30.1 Å². The van der Waals surface area contributed by atoms with E-state index in [-0.39, 0.29) is 0 Å². The fourth-order valence-electron chi connectivity index (χ4n) is 2.83. The molecule has 0 fully saturated rings. The molecule has 0 spiro atoms. The zero-order valence-electron chi connectivity index (χ0n) is 15.3. The highest BCUT2D eigenvalue weighted by molar-refractivity contribution is 5.94. The van der Waals surface area contributed by atoms with E-state index in [4.69, 9.17) is 4.74 Å². The molecule has 27 heavy (non-hydrogen) atoms. The molecule has 0 radical (unpaired) electrons. The Bertz CT molecular complexity index is 984. The van der Waals surface area contributed by atoms with Crippen LogP contribution in [0.5, 0.6) is 0 Å². The number of hydrogen-bond donors (Lipinski definition) is 1. The van der Waals surface area contributed by atoms with Gasteiger partial charge in [-0.1, -0.05) is 42.5 Å². The van der Waals surface area contributed by atoms with E-state index in [1.54, 1.807) is 18.7 Å². The monoisotopic (exact) mass is 360 g/mol. The van der Waals surface area contributed by atoms with Crippen LogP contribution in [0.1, 0.15) is 28.4 Å². The van der Waals surface area contributed by atoms with Gasteiger partial charge in [0.05, 0.1) is 24.4 Å². The summed E-state index contributed by atoms with van der Waals surface area (Å²) < 4.78 is 6.68. The lowest BCUT2D eigenvalue weighted by molar-refractivity contribution is 0.0527. The molecule has 0 atom stereocenters. The third-order valence-electron chi connectivity index (χ3n) is 4.21. The van der Waals surface area contributed by atoms with Crippen molar-refractivity contribution in [2.24, 2.45) is 7.05 Å². The summed E-state index contributed by atoms with van der Waals surface area (Å²) >= 11 is 0. The Kier molecular flexibility index (Phi) is 5.53. The predicted molar refractivity (Wildman–Crippen MR) is 103 cm³/mol. The van der Waals surface area contributed by atoms with Gasteiger partial charge in [-0.15, -0.1) is 0 Å². The minimum atomic E-state index is -0.392. The number of nitrogens with zero attached hydrogens (tertiary/aromatic N) is 3. The minimum absolute atomic E-state index is 0.318. The smallest absolute Gasteiger partial charge is 0.343 e. The van der Waals surface area contributed by atoms with Crippen molar-refractivity contribution in [3.63, 3.8) is 0 Å². The van der Waals surface area contributed by atoms with Gasteiger partial charge in [-0.25, -0.2) is 4.79 Å². The van der Waals surface area contributed by atoms with E-state index < -0.39 is 5.97 Å². The van der Waals surface area contributed by atoms with Crippen LogP contribution >= 0.6 is 0 Å². The Balaban J connectivity index is 1.74. The lowest BCUT2D eigenvalue weighted by Crippen LogP contribution is -2.11. The molecular formula is C21H20N4O2. The summed E-state index contributed by atoms with van der Waals surface area (Å²) in [5.74, 6) is 0.226. The molecule has 0 saturated carbocycles. The largest absolute Gasteiger partial charge is 0.462 e. The van der Waals surface area contributed by atoms with E-state index in [0.717, 1.165) is 16.7 Å². The first-order valence-electron chi connectivity index (χ1n) is 8.65. The second-order valence-corrected chi connectivity index (χ2v) is 5.96. The van der Waals surface area contributed by atoms with Crippen LogP contribution in [0, 0.1) is 11.3 Å². The molecule has 6 heteroatoms. The SMILES string of the molecule is CCOC(=O)c1cnn(C)c1NCc1ccc(-c2ccccc2C#N)cc1. The van der Waals surface area contributed by atoms with Gasteiger partial charge in [0, 0.05) is 13.6 Å². The van der Waals surface area contributed by atoms with Gasteiger partial charge in [0.15, 0.2) is 0 Å². The summed E-state index contributed by atoms with van der Waals surface area (Å²) in [7, 11) is 1.77. The summed E-state index contributed by atoms with van der Waals surface area (Å²) in [5, 5.41) is 16.6. The molecule has 136 valence electrons. The Labute approximate surface area is 158 Å². The van der Waals surface area contributed by atoms with Gasteiger partial charge < -0.3 is 10.1 Å². The van der Waals surface area contributed by atoms with E-state index in [2.05, 4.69) is 16.5 Å². The molecule has 0 bridgehead atoms. The van der Waals surface area contributed by atoms with Gasteiger partial charge in [0.2, 0.25) is 0 Å². The van der Waals surface area contributed by atoms with Crippen molar-refractivity contribution in [2.75, 3.05) is 11.9 Å². The number of aryl methyl sites for hydroxylation is 1. The molecule has 6 nitrogen and oxygen atoms in total. The normalized spacial score (nSPS) is 10.3. The Hall–Kier alpha value is -3.59. The molecule has 1 aromatic heterocycles. The molecule has 0 saturated heterocycles. The molecule has 1 N–H and O–H groups in total. The first-order chi connectivity index (χ1) is 13.1. The summed E-state index contributed by atoms with van der Waals surface area (Å²) in [6, 6.07) is 17.7. The number of rotatable bonds is 6. The van der Waals surface area contributed by atoms with Crippen LogP contribution < -0.4 is 5.32 Å². The highest BCUT2D eigenvalue weighted by Gasteiger charge is 2.17. The quantitative estimate of drug-likeness (QED) is 0.677. The zero-order valence-corrected chi connectivity index (χ0v) is 15.3. The predicted octanol–water partition coefficient (Wildman–Crippen LogP) is 3.75. The molecular weight excluding hydrogens is 340 g/mol. The summed E-state index contributed by atoms with van der Waals surface area (Å²) in [6.07, 6.45) is 1.50. The van der Waals surface area contributed by atoms with Crippen LogP contribution in [0.25, 0.3) is 11.1 Å². The van der Waals surface area contributed by atoms with E-state index in [1.165, 1.54) is 6.20 Å². The fourth-order valence-corrected chi connectivity index (χ4v) is 2.83. The Morgan fingerprint density at radius 3 is 2.67 bits per heavy atom. The average Bonchev–Trinajstić information content (AvgIpc) is 3.07. The summed E-state index contributed by atoms with van der Waals surface area (Å²) in [4.78, 5) is 12.0. The lowest BCUT2D eigenvalue weighted by atomic mass is 9.99. The van der Waals surface area contributed by atoms with E-state index >= 15 is 0 Å². The number of ether oxygens (including phenoxy) is 1. The van der Waals surface area contributed by atoms with Gasteiger partial charge in [-0.2, -0.15) is 10.4 Å². The van der Waals surface area contributed by atoms with Crippen LogP contribution in [0.3, 0.4) is 0 Å². The van der Waals surface area contributed by atoms with Crippen LogP contribution in [0.15, 0.2) is 54.7 Å². The number of nitriles is 1. The number of hydrogen-bond acceptors (Lipinski definition) is 5. The van der Waals surface area contributed by atoms with Gasteiger partial charge in [0.25, 0.3) is 0 Å². The fraction of sp³-hybridized carbons (Fsp3) is 0.190. The number of carbonyl (C=O) groups excluding carboxylic acids is 1. The Morgan fingerprint density at radius 2 is 1.96 bits per heavy atom. The Morgan fingerprint density at radius 1 is 1.22 bits per heavy atom.